The van der Waals surface area contributed by atoms with Gasteiger partial charge in [0.2, 0.25) is 0 Å². The number of aryl methyl sites for hydroxylation is 2. The van der Waals surface area contributed by atoms with Gasteiger partial charge < -0.3 is 10.2 Å². The molecule has 3 heterocycles. The van der Waals surface area contributed by atoms with E-state index in [2.05, 4.69) is 27.5 Å². The van der Waals surface area contributed by atoms with Crippen LogP contribution >= 0.6 is 11.3 Å². The van der Waals surface area contributed by atoms with E-state index < -0.39 is 0 Å². The fourth-order valence-electron chi connectivity index (χ4n) is 3.50. The predicted octanol–water partition coefficient (Wildman–Crippen LogP) is 1.71. The molecule has 1 aliphatic heterocycles. The van der Waals surface area contributed by atoms with Crippen molar-refractivity contribution in [1.82, 2.24) is 25.4 Å². The summed E-state index contributed by atoms with van der Waals surface area (Å²) in [7, 11) is 2.07. The van der Waals surface area contributed by atoms with Crippen LogP contribution in [0.25, 0.3) is 0 Å². The molecule has 2 N–H and O–H groups in total. The van der Waals surface area contributed by atoms with Gasteiger partial charge in [0.05, 0.1) is 10.7 Å². The van der Waals surface area contributed by atoms with Crippen molar-refractivity contribution >= 4 is 17.2 Å². The summed E-state index contributed by atoms with van der Waals surface area (Å²) in [6.07, 6.45) is 6.56. The zero-order valence-corrected chi connectivity index (χ0v) is 14.8. The van der Waals surface area contributed by atoms with Gasteiger partial charge >= 0.3 is 0 Å². The third-order valence-electron chi connectivity index (χ3n) is 4.85. The molecule has 1 amide bonds. The van der Waals surface area contributed by atoms with Gasteiger partial charge in [-0.2, -0.15) is 5.10 Å². The third kappa shape index (κ3) is 3.10. The number of amides is 1. The number of hydrogen-bond donors (Lipinski definition) is 2. The highest BCUT2D eigenvalue weighted by Crippen LogP contribution is 2.26. The lowest BCUT2D eigenvalue weighted by Crippen LogP contribution is -2.30. The molecule has 0 saturated carbocycles. The Morgan fingerprint density at radius 1 is 1.33 bits per heavy atom. The summed E-state index contributed by atoms with van der Waals surface area (Å²) in [6.45, 7) is 2.40. The monoisotopic (exact) mass is 345 g/mol. The van der Waals surface area contributed by atoms with Gasteiger partial charge in [0.1, 0.15) is 0 Å². The first-order chi connectivity index (χ1) is 11.7. The molecule has 0 fully saturated rings. The lowest BCUT2D eigenvalue weighted by atomic mass is 10.0. The number of nitrogens with zero attached hydrogens (tertiary/aromatic N) is 3. The Hall–Kier alpha value is -1.73. The Morgan fingerprint density at radius 3 is 3.08 bits per heavy atom. The van der Waals surface area contributed by atoms with Crippen LogP contribution in [0.3, 0.4) is 0 Å². The summed E-state index contributed by atoms with van der Waals surface area (Å²) in [6, 6.07) is 0. The molecule has 128 valence electrons. The molecule has 4 rings (SSSR count). The number of nitrogens with one attached hydrogen (secondary N) is 2. The number of fused-ring (bicyclic) bond motifs is 2. The highest BCUT2D eigenvalue weighted by atomic mass is 32.1. The molecule has 0 atom stereocenters. The zero-order valence-electron chi connectivity index (χ0n) is 14.0. The molecular weight excluding hydrogens is 322 g/mol. The molecule has 0 saturated heterocycles. The minimum atomic E-state index is -0.0795. The summed E-state index contributed by atoms with van der Waals surface area (Å²) in [5.74, 6) is -0.0795. The van der Waals surface area contributed by atoms with Crippen LogP contribution < -0.4 is 5.32 Å². The molecule has 0 aromatic carbocycles. The topological polar surface area (TPSA) is 73.9 Å². The Morgan fingerprint density at radius 2 is 2.21 bits per heavy atom. The number of H-pyrrole nitrogens is 1. The summed E-state index contributed by atoms with van der Waals surface area (Å²) < 4.78 is 0. The SMILES string of the molecule is CN1CCc2[nH]nc(C(=O)NCCc3nc4c(s3)CCCC4)c2C1. The fraction of sp³-hybridized carbons (Fsp3) is 0.588. The molecule has 0 bridgehead atoms. The summed E-state index contributed by atoms with van der Waals surface area (Å²) in [5.41, 5.74) is 3.99. The van der Waals surface area contributed by atoms with Gasteiger partial charge in [-0.1, -0.05) is 0 Å². The highest BCUT2D eigenvalue weighted by Gasteiger charge is 2.23. The molecule has 2 aromatic heterocycles. The van der Waals surface area contributed by atoms with Gasteiger partial charge in [-0.15, -0.1) is 11.3 Å². The quantitative estimate of drug-likeness (QED) is 0.885. The normalized spacial score (nSPS) is 17.4. The van der Waals surface area contributed by atoms with E-state index in [1.54, 1.807) is 0 Å². The maximum absolute atomic E-state index is 12.4. The Labute approximate surface area is 145 Å². The second-order valence-electron chi connectivity index (χ2n) is 6.71. The summed E-state index contributed by atoms with van der Waals surface area (Å²) in [5, 5.41) is 11.4. The van der Waals surface area contributed by atoms with Gasteiger partial charge in [0.25, 0.3) is 5.91 Å². The number of thiazole rings is 1. The van der Waals surface area contributed by atoms with Gasteiger partial charge in [-0.3, -0.25) is 9.89 Å². The molecule has 0 unspecified atom stereocenters. The van der Waals surface area contributed by atoms with Crippen molar-refractivity contribution in [2.24, 2.45) is 0 Å². The molecule has 2 aromatic rings. The summed E-state index contributed by atoms with van der Waals surface area (Å²) in [4.78, 5) is 20.8. The van der Waals surface area contributed by atoms with Crippen molar-refractivity contribution in [3.8, 4) is 0 Å². The maximum atomic E-state index is 12.4. The van der Waals surface area contributed by atoms with Crippen molar-refractivity contribution in [3.05, 3.63) is 32.5 Å². The van der Waals surface area contributed by atoms with E-state index in [0.717, 1.165) is 48.6 Å². The first-order valence-electron chi connectivity index (χ1n) is 8.71. The van der Waals surface area contributed by atoms with Crippen LogP contribution in [0.15, 0.2) is 0 Å². The van der Waals surface area contributed by atoms with Crippen molar-refractivity contribution in [2.75, 3.05) is 20.1 Å². The molecule has 0 radical (unpaired) electrons. The third-order valence-corrected chi connectivity index (χ3v) is 6.07. The van der Waals surface area contributed by atoms with Crippen LogP contribution in [-0.2, 0) is 32.2 Å². The lowest BCUT2D eigenvalue weighted by molar-refractivity contribution is 0.0947. The first-order valence-corrected chi connectivity index (χ1v) is 9.52. The van der Waals surface area contributed by atoms with Crippen molar-refractivity contribution < 1.29 is 4.79 Å². The number of aromatic nitrogens is 3. The Kier molecular flexibility index (Phi) is 4.37. The molecule has 6 nitrogen and oxygen atoms in total. The van der Waals surface area contributed by atoms with Crippen LogP contribution in [-0.4, -0.2) is 46.1 Å². The number of likely N-dealkylation sites (N-methyl/N-ethyl adjacent to an activating group) is 1. The van der Waals surface area contributed by atoms with Gasteiger partial charge in [0, 0.05) is 48.6 Å². The van der Waals surface area contributed by atoms with Crippen molar-refractivity contribution in [2.45, 2.75) is 45.1 Å². The van der Waals surface area contributed by atoms with E-state index in [1.165, 1.54) is 29.8 Å². The molecule has 2 aliphatic rings. The predicted molar refractivity (Wildman–Crippen MR) is 93.4 cm³/mol. The van der Waals surface area contributed by atoms with Crippen LogP contribution in [0.4, 0.5) is 0 Å². The molecule has 0 spiro atoms. The second-order valence-corrected chi connectivity index (χ2v) is 7.88. The number of carbonyl (C=O) groups is 1. The maximum Gasteiger partial charge on any atom is 0.272 e. The molecule has 1 aliphatic carbocycles. The van der Waals surface area contributed by atoms with Crippen LogP contribution in [0.2, 0.25) is 0 Å². The van der Waals surface area contributed by atoms with Gasteiger partial charge in [-0.25, -0.2) is 4.98 Å². The van der Waals surface area contributed by atoms with Gasteiger partial charge in [-0.05, 0) is 32.7 Å². The van der Waals surface area contributed by atoms with Crippen LogP contribution in [0.5, 0.6) is 0 Å². The number of hydrogen-bond acceptors (Lipinski definition) is 5. The first kappa shape index (κ1) is 15.8. The van der Waals surface area contributed by atoms with E-state index in [-0.39, 0.29) is 5.91 Å². The standard InChI is InChI=1S/C17H23N5OS/c1-22-9-7-12-11(10-22)16(21-20-12)17(23)18-8-6-15-19-13-4-2-3-5-14(13)24-15/h2-10H2,1H3,(H,18,23)(H,20,21). The minimum absolute atomic E-state index is 0.0795. The second kappa shape index (κ2) is 6.64. The lowest BCUT2D eigenvalue weighted by Gasteiger charge is -2.22. The molecule has 24 heavy (non-hydrogen) atoms. The van der Waals surface area contributed by atoms with Crippen LogP contribution in [0.1, 0.15) is 50.2 Å². The Bertz CT molecular complexity index is 727. The molecule has 7 heteroatoms. The zero-order chi connectivity index (χ0) is 16.5. The Balaban J connectivity index is 1.35. The van der Waals surface area contributed by atoms with E-state index in [1.807, 2.05) is 11.3 Å². The number of carbonyl (C=O) groups excluding carboxylic acids is 1. The van der Waals surface area contributed by atoms with E-state index >= 15 is 0 Å². The molecular formula is C17H23N5OS. The average molecular weight is 345 g/mol. The number of aromatic amines is 1. The smallest absolute Gasteiger partial charge is 0.272 e. The summed E-state index contributed by atoms with van der Waals surface area (Å²) >= 11 is 1.82. The number of rotatable bonds is 4. The van der Waals surface area contributed by atoms with Crippen molar-refractivity contribution in [1.29, 1.82) is 0 Å². The fourth-order valence-corrected chi connectivity index (χ4v) is 4.65. The van der Waals surface area contributed by atoms with E-state index in [9.17, 15) is 4.79 Å². The van der Waals surface area contributed by atoms with E-state index in [0.29, 0.717) is 12.2 Å². The van der Waals surface area contributed by atoms with E-state index in [4.69, 9.17) is 4.98 Å². The largest absolute Gasteiger partial charge is 0.350 e. The van der Waals surface area contributed by atoms with Crippen LogP contribution in [0, 0.1) is 0 Å². The average Bonchev–Trinajstić information content (AvgIpc) is 3.17. The van der Waals surface area contributed by atoms with Crippen molar-refractivity contribution in [3.63, 3.8) is 0 Å². The minimum Gasteiger partial charge on any atom is -0.350 e. The van der Waals surface area contributed by atoms with Gasteiger partial charge in [0.15, 0.2) is 5.69 Å². The highest BCUT2D eigenvalue weighted by molar-refractivity contribution is 7.11.